The number of hydrazone groups is 1. The number of nitrogens with one attached hydrogen (secondary N) is 1. The Kier molecular flexibility index (Phi) is 10.7. The standard InChI is InChI=1S/C19H28N2O4/c1-2-3-4-5-6-7-8-9-18(22)21-20-14-16-10-12-17(13-11-16)25-15-19(23)24/h10-14H,2-9,15H2,1H3,(H,21,22)(H,23,24). The van der Waals surface area contributed by atoms with Crippen molar-refractivity contribution in [1.82, 2.24) is 5.43 Å². The van der Waals surface area contributed by atoms with E-state index >= 15 is 0 Å². The number of carboxylic acids is 1. The molecule has 1 aromatic carbocycles. The number of carboxylic acid groups (broad SMARTS) is 1. The minimum atomic E-state index is -1.02. The summed E-state index contributed by atoms with van der Waals surface area (Å²) in [5.74, 6) is -0.622. The van der Waals surface area contributed by atoms with Gasteiger partial charge in [0.2, 0.25) is 5.91 Å². The lowest BCUT2D eigenvalue weighted by atomic mass is 10.1. The van der Waals surface area contributed by atoms with Gasteiger partial charge in [-0.15, -0.1) is 0 Å². The van der Waals surface area contributed by atoms with E-state index < -0.39 is 5.97 Å². The van der Waals surface area contributed by atoms with E-state index in [1.54, 1.807) is 30.5 Å². The predicted octanol–water partition coefficient (Wildman–Crippen LogP) is 3.74. The van der Waals surface area contributed by atoms with Gasteiger partial charge in [-0.2, -0.15) is 5.10 Å². The van der Waals surface area contributed by atoms with Gasteiger partial charge in [0.15, 0.2) is 6.61 Å². The van der Waals surface area contributed by atoms with E-state index in [1.807, 2.05) is 0 Å². The van der Waals surface area contributed by atoms with Crippen LogP contribution in [0.25, 0.3) is 0 Å². The number of unbranched alkanes of at least 4 members (excludes halogenated alkanes) is 6. The molecule has 0 saturated carbocycles. The van der Waals surface area contributed by atoms with Crippen LogP contribution in [0.5, 0.6) is 5.75 Å². The molecule has 0 aliphatic rings. The van der Waals surface area contributed by atoms with E-state index in [0.29, 0.717) is 12.2 Å². The quantitative estimate of drug-likeness (QED) is 0.323. The maximum atomic E-state index is 11.7. The fourth-order valence-electron chi connectivity index (χ4n) is 2.27. The van der Waals surface area contributed by atoms with Crippen LogP contribution in [0.2, 0.25) is 0 Å². The largest absolute Gasteiger partial charge is 0.482 e. The van der Waals surface area contributed by atoms with Crippen LogP contribution in [-0.4, -0.2) is 29.8 Å². The van der Waals surface area contributed by atoms with Crippen LogP contribution in [0.3, 0.4) is 0 Å². The number of benzene rings is 1. The van der Waals surface area contributed by atoms with Crippen molar-refractivity contribution in [3.8, 4) is 5.75 Å². The number of hydrogen-bond acceptors (Lipinski definition) is 4. The molecular formula is C19H28N2O4. The molecule has 0 saturated heterocycles. The SMILES string of the molecule is CCCCCCCCCC(=O)NN=Cc1ccc(OCC(=O)O)cc1. The Morgan fingerprint density at radius 2 is 1.72 bits per heavy atom. The van der Waals surface area contributed by atoms with Crippen LogP contribution in [0.4, 0.5) is 0 Å². The van der Waals surface area contributed by atoms with Crippen molar-refractivity contribution in [2.45, 2.75) is 58.3 Å². The zero-order chi connectivity index (χ0) is 18.3. The van der Waals surface area contributed by atoms with Gasteiger partial charge in [0.25, 0.3) is 0 Å². The lowest BCUT2D eigenvalue weighted by Crippen LogP contribution is -2.16. The molecule has 0 bridgehead atoms. The van der Waals surface area contributed by atoms with Crippen LogP contribution < -0.4 is 10.2 Å². The maximum Gasteiger partial charge on any atom is 0.341 e. The topological polar surface area (TPSA) is 88.0 Å². The van der Waals surface area contributed by atoms with Gasteiger partial charge in [0.05, 0.1) is 6.21 Å². The summed E-state index contributed by atoms with van der Waals surface area (Å²) in [6.07, 6.45) is 10.3. The van der Waals surface area contributed by atoms with Gasteiger partial charge >= 0.3 is 5.97 Å². The fraction of sp³-hybridized carbons (Fsp3) is 0.526. The van der Waals surface area contributed by atoms with Gasteiger partial charge in [-0.1, -0.05) is 45.4 Å². The Morgan fingerprint density at radius 1 is 1.08 bits per heavy atom. The molecule has 2 N–H and O–H groups in total. The summed E-state index contributed by atoms with van der Waals surface area (Å²) in [6, 6.07) is 6.79. The van der Waals surface area contributed by atoms with Crippen molar-refractivity contribution >= 4 is 18.1 Å². The first-order chi connectivity index (χ1) is 12.1. The maximum absolute atomic E-state index is 11.7. The number of amides is 1. The molecule has 1 amide bonds. The van der Waals surface area contributed by atoms with Crippen LogP contribution in [0, 0.1) is 0 Å². The molecule has 0 fully saturated rings. The lowest BCUT2D eigenvalue weighted by molar-refractivity contribution is -0.139. The average Bonchev–Trinajstić information content (AvgIpc) is 2.60. The molecule has 1 rings (SSSR count). The third-order valence-electron chi connectivity index (χ3n) is 3.65. The third-order valence-corrected chi connectivity index (χ3v) is 3.65. The first-order valence-electron chi connectivity index (χ1n) is 8.88. The molecule has 1 aromatic rings. The van der Waals surface area contributed by atoms with Gasteiger partial charge in [-0.25, -0.2) is 10.2 Å². The summed E-state index contributed by atoms with van der Waals surface area (Å²) in [4.78, 5) is 22.1. The Morgan fingerprint density at radius 3 is 2.36 bits per heavy atom. The smallest absolute Gasteiger partial charge is 0.341 e. The number of ether oxygens (including phenoxy) is 1. The number of hydrogen-bond donors (Lipinski definition) is 2. The van der Waals surface area contributed by atoms with E-state index in [9.17, 15) is 9.59 Å². The highest BCUT2D eigenvalue weighted by Gasteiger charge is 2.00. The van der Waals surface area contributed by atoms with Crippen molar-refractivity contribution in [3.05, 3.63) is 29.8 Å². The highest BCUT2D eigenvalue weighted by atomic mass is 16.5. The van der Waals surface area contributed by atoms with Crippen molar-refractivity contribution in [1.29, 1.82) is 0 Å². The number of rotatable bonds is 13. The van der Waals surface area contributed by atoms with Gasteiger partial charge < -0.3 is 9.84 Å². The van der Waals surface area contributed by atoms with Gasteiger partial charge in [-0.05, 0) is 36.2 Å². The van der Waals surface area contributed by atoms with E-state index in [-0.39, 0.29) is 12.5 Å². The molecule has 138 valence electrons. The van der Waals surface area contributed by atoms with Crippen molar-refractivity contribution < 1.29 is 19.4 Å². The molecule has 25 heavy (non-hydrogen) atoms. The Labute approximate surface area is 149 Å². The Balaban J connectivity index is 2.17. The first-order valence-corrected chi connectivity index (χ1v) is 8.88. The van der Waals surface area contributed by atoms with Crippen molar-refractivity contribution in [3.63, 3.8) is 0 Å². The summed E-state index contributed by atoms with van der Waals surface area (Å²) in [7, 11) is 0. The monoisotopic (exact) mass is 348 g/mol. The summed E-state index contributed by atoms with van der Waals surface area (Å²) in [5.41, 5.74) is 3.31. The van der Waals surface area contributed by atoms with E-state index in [0.717, 1.165) is 18.4 Å². The molecule has 0 spiro atoms. The molecule has 0 aliphatic heterocycles. The molecule has 6 nitrogen and oxygen atoms in total. The van der Waals surface area contributed by atoms with Gasteiger partial charge in [0.1, 0.15) is 5.75 Å². The predicted molar refractivity (Wildman–Crippen MR) is 97.9 cm³/mol. The summed E-state index contributed by atoms with van der Waals surface area (Å²) >= 11 is 0. The first kappa shape index (κ1) is 20.7. The van der Waals surface area contributed by atoms with Gasteiger partial charge in [0, 0.05) is 6.42 Å². The number of aliphatic carboxylic acids is 1. The minimum absolute atomic E-state index is 0.0776. The van der Waals surface area contributed by atoms with Crippen molar-refractivity contribution in [2.75, 3.05) is 6.61 Å². The second kappa shape index (κ2) is 13.0. The van der Waals surface area contributed by atoms with E-state index in [2.05, 4.69) is 17.5 Å². The molecule has 0 heterocycles. The zero-order valence-electron chi connectivity index (χ0n) is 14.9. The Hall–Kier alpha value is -2.37. The van der Waals surface area contributed by atoms with Crippen LogP contribution in [-0.2, 0) is 9.59 Å². The van der Waals surface area contributed by atoms with Crippen molar-refractivity contribution in [2.24, 2.45) is 5.10 Å². The van der Waals surface area contributed by atoms with Gasteiger partial charge in [-0.3, -0.25) is 4.79 Å². The second-order valence-electron chi connectivity index (χ2n) is 5.92. The summed E-state index contributed by atoms with van der Waals surface area (Å²) < 4.78 is 5.04. The number of carbonyl (C=O) groups excluding carboxylic acids is 1. The van der Waals surface area contributed by atoms with E-state index in [4.69, 9.17) is 9.84 Å². The highest BCUT2D eigenvalue weighted by molar-refractivity contribution is 5.82. The normalized spacial score (nSPS) is 10.8. The molecule has 0 aromatic heterocycles. The highest BCUT2D eigenvalue weighted by Crippen LogP contribution is 2.11. The summed E-state index contributed by atoms with van der Waals surface area (Å²) in [6.45, 7) is 1.83. The van der Waals surface area contributed by atoms with Crippen LogP contribution >= 0.6 is 0 Å². The number of carbonyl (C=O) groups is 2. The number of nitrogens with zero attached hydrogens (tertiary/aromatic N) is 1. The third kappa shape index (κ3) is 10.9. The minimum Gasteiger partial charge on any atom is -0.482 e. The second-order valence-corrected chi connectivity index (χ2v) is 5.92. The molecule has 0 unspecified atom stereocenters. The zero-order valence-corrected chi connectivity index (χ0v) is 14.9. The molecular weight excluding hydrogens is 320 g/mol. The molecule has 6 heteroatoms. The molecule has 0 radical (unpaired) electrons. The molecule has 0 aliphatic carbocycles. The fourth-order valence-corrected chi connectivity index (χ4v) is 2.27. The Bertz CT molecular complexity index is 541. The summed E-state index contributed by atoms with van der Waals surface area (Å²) in [5, 5.41) is 12.5. The average molecular weight is 348 g/mol. The van der Waals surface area contributed by atoms with Crippen LogP contribution in [0.1, 0.15) is 63.9 Å². The van der Waals surface area contributed by atoms with E-state index in [1.165, 1.54) is 32.1 Å². The lowest BCUT2D eigenvalue weighted by Gasteiger charge is -2.03. The van der Waals surface area contributed by atoms with Crippen LogP contribution in [0.15, 0.2) is 29.4 Å². The molecule has 0 atom stereocenters.